The summed E-state index contributed by atoms with van der Waals surface area (Å²) in [5.74, 6) is -0.387. The molecule has 0 unspecified atom stereocenters. The van der Waals surface area contributed by atoms with Gasteiger partial charge in [-0.1, -0.05) is 48.0 Å². The van der Waals surface area contributed by atoms with Crippen LogP contribution in [0.2, 0.25) is 0 Å². The number of nitrogens with one attached hydrogen (secondary N) is 1. The van der Waals surface area contributed by atoms with Crippen LogP contribution in [0.4, 0.5) is 4.79 Å². The van der Waals surface area contributed by atoms with Gasteiger partial charge in [0.05, 0.1) is 6.21 Å². The number of nitrogens with zero attached hydrogens (tertiary/aromatic N) is 2. The number of rotatable bonds is 3. The van der Waals surface area contributed by atoms with Crippen LogP contribution < -0.4 is 5.32 Å². The van der Waals surface area contributed by atoms with Crippen molar-refractivity contribution in [3.8, 4) is 0 Å². The highest BCUT2D eigenvalue weighted by molar-refractivity contribution is 6.07. The Morgan fingerprint density at radius 3 is 2.24 bits per heavy atom. The lowest BCUT2D eigenvalue weighted by atomic mass is 9.92. The lowest BCUT2D eigenvalue weighted by Crippen LogP contribution is -2.40. The summed E-state index contributed by atoms with van der Waals surface area (Å²) >= 11 is 0. The maximum Gasteiger partial charge on any atom is 0.346 e. The van der Waals surface area contributed by atoms with Crippen molar-refractivity contribution < 1.29 is 9.59 Å². The molecule has 0 radical (unpaired) electrons. The molecule has 2 aromatic carbocycles. The van der Waals surface area contributed by atoms with Crippen molar-refractivity contribution in [2.75, 3.05) is 0 Å². The minimum Gasteiger partial charge on any atom is -0.318 e. The van der Waals surface area contributed by atoms with E-state index in [9.17, 15) is 9.59 Å². The predicted octanol–water partition coefficient (Wildman–Crippen LogP) is 3.41. The Labute approximate surface area is 147 Å². The zero-order valence-electron chi connectivity index (χ0n) is 14.8. The van der Waals surface area contributed by atoms with Crippen LogP contribution in [0, 0.1) is 20.8 Å². The van der Waals surface area contributed by atoms with Gasteiger partial charge in [-0.15, -0.1) is 5.01 Å². The van der Waals surface area contributed by atoms with E-state index in [-0.39, 0.29) is 5.91 Å². The number of carbonyl (C=O) groups excluding carboxylic acids is 2. The van der Waals surface area contributed by atoms with Gasteiger partial charge in [-0.3, -0.25) is 4.79 Å². The number of imide groups is 1. The van der Waals surface area contributed by atoms with E-state index in [1.807, 2.05) is 63.2 Å². The summed E-state index contributed by atoms with van der Waals surface area (Å²) in [6.45, 7) is 7.70. The summed E-state index contributed by atoms with van der Waals surface area (Å²) in [4.78, 5) is 25.1. The highest BCUT2D eigenvalue weighted by Gasteiger charge is 2.49. The van der Waals surface area contributed by atoms with Gasteiger partial charge in [-0.25, -0.2) is 4.79 Å². The van der Waals surface area contributed by atoms with Gasteiger partial charge < -0.3 is 5.32 Å². The second kappa shape index (κ2) is 6.16. The van der Waals surface area contributed by atoms with E-state index >= 15 is 0 Å². The third-order valence-electron chi connectivity index (χ3n) is 4.56. The second-order valence-corrected chi connectivity index (χ2v) is 6.60. The molecule has 0 spiro atoms. The first kappa shape index (κ1) is 16.9. The van der Waals surface area contributed by atoms with E-state index in [0.717, 1.165) is 27.3 Å². The SMILES string of the molecule is Cc1cc(C)c(/C=N\N2C(=O)N[C@](C)(c3ccccc3)C2=O)c(C)c1. The first-order valence-electron chi connectivity index (χ1n) is 8.17. The van der Waals surface area contributed by atoms with E-state index in [4.69, 9.17) is 0 Å². The maximum atomic E-state index is 12.8. The largest absolute Gasteiger partial charge is 0.346 e. The van der Waals surface area contributed by atoms with Crippen molar-refractivity contribution in [2.24, 2.45) is 5.10 Å². The first-order valence-corrected chi connectivity index (χ1v) is 8.17. The van der Waals surface area contributed by atoms with Gasteiger partial charge in [0.1, 0.15) is 5.54 Å². The lowest BCUT2D eigenvalue weighted by Gasteiger charge is -2.21. The van der Waals surface area contributed by atoms with E-state index in [1.165, 1.54) is 5.56 Å². The number of urea groups is 1. The van der Waals surface area contributed by atoms with E-state index in [1.54, 1.807) is 13.1 Å². The molecule has 0 aliphatic carbocycles. The maximum absolute atomic E-state index is 12.8. The molecule has 1 heterocycles. The fourth-order valence-electron chi connectivity index (χ4n) is 3.21. The van der Waals surface area contributed by atoms with Gasteiger partial charge in [0.15, 0.2) is 0 Å². The molecule has 1 saturated heterocycles. The molecule has 25 heavy (non-hydrogen) atoms. The quantitative estimate of drug-likeness (QED) is 0.690. The molecule has 5 heteroatoms. The molecule has 1 atom stereocenters. The van der Waals surface area contributed by atoms with Crippen LogP contribution >= 0.6 is 0 Å². The summed E-state index contributed by atoms with van der Waals surface area (Å²) < 4.78 is 0. The smallest absolute Gasteiger partial charge is 0.318 e. The molecule has 1 fully saturated rings. The third kappa shape index (κ3) is 2.93. The van der Waals surface area contributed by atoms with Gasteiger partial charge >= 0.3 is 6.03 Å². The Morgan fingerprint density at radius 1 is 1.04 bits per heavy atom. The molecule has 1 aliphatic heterocycles. The summed E-state index contributed by atoms with van der Waals surface area (Å²) in [7, 11) is 0. The molecular weight excluding hydrogens is 314 g/mol. The molecule has 1 aliphatic rings. The topological polar surface area (TPSA) is 61.8 Å². The number of hydrogen-bond donors (Lipinski definition) is 1. The van der Waals surface area contributed by atoms with Crippen LogP contribution in [0.25, 0.3) is 0 Å². The molecular formula is C20H21N3O2. The van der Waals surface area contributed by atoms with Crippen LogP contribution in [0.5, 0.6) is 0 Å². The number of benzene rings is 2. The third-order valence-corrected chi connectivity index (χ3v) is 4.56. The van der Waals surface area contributed by atoms with Crippen molar-refractivity contribution in [1.29, 1.82) is 0 Å². The van der Waals surface area contributed by atoms with Gasteiger partial charge in [0.2, 0.25) is 0 Å². The van der Waals surface area contributed by atoms with E-state index < -0.39 is 11.6 Å². The molecule has 3 amide bonds. The lowest BCUT2D eigenvalue weighted by molar-refractivity contribution is -0.131. The average molecular weight is 335 g/mol. The van der Waals surface area contributed by atoms with Crippen LogP contribution in [0.3, 0.4) is 0 Å². The molecule has 0 aromatic heterocycles. The molecule has 0 bridgehead atoms. The molecule has 128 valence electrons. The Morgan fingerprint density at radius 2 is 1.64 bits per heavy atom. The number of carbonyl (C=O) groups is 2. The zero-order chi connectivity index (χ0) is 18.2. The second-order valence-electron chi connectivity index (χ2n) is 6.60. The van der Waals surface area contributed by atoms with Gasteiger partial charge in [0, 0.05) is 5.56 Å². The number of hydrazone groups is 1. The number of amides is 3. The van der Waals surface area contributed by atoms with Gasteiger partial charge in [0.25, 0.3) is 5.91 Å². The minimum atomic E-state index is -1.10. The Kier molecular flexibility index (Phi) is 4.17. The van der Waals surface area contributed by atoms with Crippen LogP contribution in [-0.2, 0) is 10.3 Å². The van der Waals surface area contributed by atoms with Crippen molar-refractivity contribution in [3.63, 3.8) is 0 Å². The number of aryl methyl sites for hydroxylation is 3. The van der Waals surface area contributed by atoms with Crippen molar-refractivity contribution in [3.05, 3.63) is 70.3 Å². The standard InChI is InChI=1S/C20H21N3O2/c1-13-10-14(2)17(15(3)11-13)12-21-23-18(24)20(4,22-19(23)25)16-8-6-5-7-9-16/h5-12H,1-4H3,(H,22,25)/b21-12-/t20-/m1/s1. The Hall–Kier alpha value is -2.95. The first-order chi connectivity index (χ1) is 11.8. The molecule has 0 saturated carbocycles. The van der Waals surface area contributed by atoms with Crippen LogP contribution in [0.1, 0.15) is 34.7 Å². The summed E-state index contributed by atoms with van der Waals surface area (Å²) in [6, 6.07) is 12.8. The normalized spacial score (nSPS) is 20.4. The van der Waals surface area contributed by atoms with Crippen LogP contribution in [0.15, 0.2) is 47.6 Å². The summed E-state index contributed by atoms with van der Waals surface area (Å²) in [6.07, 6.45) is 1.58. The highest BCUT2D eigenvalue weighted by Crippen LogP contribution is 2.28. The monoisotopic (exact) mass is 335 g/mol. The van der Waals surface area contributed by atoms with Crippen molar-refractivity contribution >= 4 is 18.2 Å². The Balaban J connectivity index is 1.92. The highest BCUT2D eigenvalue weighted by atomic mass is 16.2. The predicted molar refractivity (Wildman–Crippen MR) is 97.4 cm³/mol. The fourth-order valence-corrected chi connectivity index (χ4v) is 3.21. The van der Waals surface area contributed by atoms with Crippen molar-refractivity contribution in [1.82, 2.24) is 10.3 Å². The fraction of sp³-hybridized carbons (Fsp3) is 0.250. The van der Waals surface area contributed by atoms with E-state index in [2.05, 4.69) is 10.4 Å². The molecule has 3 rings (SSSR count). The van der Waals surface area contributed by atoms with E-state index in [0.29, 0.717) is 0 Å². The van der Waals surface area contributed by atoms with Gasteiger partial charge in [-0.05, 0) is 44.4 Å². The Bertz CT molecular complexity index is 851. The van der Waals surface area contributed by atoms with Crippen molar-refractivity contribution in [2.45, 2.75) is 33.2 Å². The van der Waals surface area contributed by atoms with Gasteiger partial charge in [-0.2, -0.15) is 5.10 Å². The number of hydrogen-bond acceptors (Lipinski definition) is 3. The summed E-state index contributed by atoms with van der Waals surface area (Å²) in [5.41, 5.74) is 3.82. The zero-order valence-corrected chi connectivity index (χ0v) is 14.8. The molecule has 1 N–H and O–H groups in total. The van der Waals surface area contributed by atoms with Crippen LogP contribution in [-0.4, -0.2) is 23.2 Å². The molecule has 2 aromatic rings. The molecule has 5 nitrogen and oxygen atoms in total. The average Bonchev–Trinajstić information content (AvgIpc) is 2.78. The minimum absolute atomic E-state index is 0.387. The summed E-state index contributed by atoms with van der Waals surface area (Å²) in [5, 5.41) is 7.83.